The van der Waals surface area contributed by atoms with Crippen LogP contribution in [0.5, 0.6) is 17.2 Å². The van der Waals surface area contributed by atoms with E-state index >= 15 is 0 Å². The van der Waals surface area contributed by atoms with Crippen molar-refractivity contribution in [3.63, 3.8) is 0 Å². The third kappa shape index (κ3) is 11.5. The van der Waals surface area contributed by atoms with E-state index in [1.165, 1.54) is 0 Å². The Morgan fingerprint density at radius 1 is 0.854 bits per heavy atom. The fraction of sp³-hybridized carbons (Fsp3) is 0.378. The van der Waals surface area contributed by atoms with Gasteiger partial charge in [0.2, 0.25) is 0 Å². The molecule has 11 heteroatoms. The second-order valence-corrected chi connectivity index (χ2v) is 11.7. The SMILES string of the molecule is C=C(C)C(=O)OCCOCCOc1ccc(C(=O)Nc2ccc(OC(=O)c3ccc(OC(CCC)OCC4(C)COC4)cc3)cc2)cc1. The lowest BCUT2D eigenvalue weighted by Crippen LogP contribution is -2.44. The molecule has 0 aromatic heterocycles. The van der Waals surface area contributed by atoms with E-state index in [2.05, 4.69) is 25.7 Å². The minimum atomic E-state index is -0.518. The quantitative estimate of drug-likeness (QED) is 0.0519. The Labute approximate surface area is 281 Å². The van der Waals surface area contributed by atoms with Crippen LogP contribution in [0.25, 0.3) is 0 Å². The first-order valence-corrected chi connectivity index (χ1v) is 15.9. The minimum Gasteiger partial charge on any atom is -0.491 e. The second kappa shape index (κ2) is 18.0. The molecule has 0 saturated carbocycles. The van der Waals surface area contributed by atoms with Crippen LogP contribution in [0, 0.1) is 5.41 Å². The number of anilines is 1. The lowest BCUT2D eigenvalue weighted by atomic mass is 9.90. The molecular weight excluding hydrogens is 618 g/mol. The maximum absolute atomic E-state index is 12.7. The van der Waals surface area contributed by atoms with Crippen LogP contribution in [0.2, 0.25) is 0 Å². The van der Waals surface area contributed by atoms with Crippen LogP contribution in [0.15, 0.2) is 84.9 Å². The van der Waals surface area contributed by atoms with E-state index in [0.29, 0.717) is 72.7 Å². The third-order valence-corrected chi connectivity index (χ3v) is 7.15. The number of esters is 2. The van der Waals surface area contributed by atoms with Crippen LogP contribution >= 0.6 is 0 Å². The molecule has 0 bridgehead atoms. The Morgan fingerprint density at radius 2 is 1.48 bits per heavy atom. The molecule has 4 rings (SSSR count). The third-order valence-electron chi connectivity index (χ3n) is 7.15. The number of carbonyl (C=O) groups is 3. The molecule has 0 spiro atoms. The highest BCUT2D eigenvalue weighted by atomic mass is 16.7. The fourth-order valence-electron chi connectivity index (χ4n) is 4.38. The maximum Gasteiger partial charge on any atom is 0.343 e. The number of nitrogens with one attached hydrogen (secondary N) is 1. The predicted molar refractivity (Wildman–Crippen MR) is 179 cm³/mol. The Balaban J connectivity index is 1.17. The molecule has 3 aromatic carbocycles. The molecule has 1 N–H and O–H groups in total. The van der Waals surface area contributed by atoms with Crippen LogP contribution in [0.3, 0.4) is 0 Å². The van der Waals surface area contributed by atoms with Crippen molar-refractivity contribution in [3.05, 3.63) is 96.1 Å². The fourth-order valence-corrected chi connectivity index (χ4v) is 4.38. The number of hydrogen-bond donors (Lipinski definition) is 1. The van der Waals surface area contributed by atoms with Crippen LogP contribution in [0.1, 0.15) is 54.3 Å². The number of rotatable bonds is 19. The molecule has 256 valence electrons. The molecule has 1 aliphatic rings. The van der Waals surface area contributed by atoms with Crippen LogP contribution in [-0.4, -0.2) is 70.4 Å². The van der Waals surface area contributed by atoms with Gasteiger partial charge in [-0.1, -0.05) is 26.8 Å². The molecule has 1 amide bonds. The van der Waals surface area contributed by atoms with Gasteiger partial charge in [-0.2, -0.15) is 0 Å². The lowest BCUT2D eigenvalue weighted by molar-refractivity contribution is -0.179. The van der Waals surface area contributed by atoms with Crippen molar-refractivity contribution in [2.24, 2.45) is 5.41 Å². The van der Waals surface area contributed by atoms with Crippen molar-refractivity contribution in [1.29, 1.82) is 0 Å². The lowest BCUT2D eigenvalue weighted by Gasteiger charge is -2.38. The van der Waals surface area contributed by atoms with Gasteiger partial charge >= 0.3 is 11.9 Å². The van der Waals surface area contributed by atoms with Gasteiger partial charge in [0.15, 0.2) is 6.29 Å². The van der Waals surface area contributed by atoms with Gasteiger partial charge < -0.3 is 38.5 Å². The number of ether oxygens (including phenoxy) is 7. The van der Waals surface area contributed by atoms with E-state index in [4.69, 9.17) is 33.2 Å². The highest BCUT2D eigenvalue weighted by Crippen LogP contribution is 2.28. The van der Waals surface area contributed by atoms with Gasteiger partial charge in [0.25, 0.3) is 5.91 Å². The summed E-state index contributed by atoms with van der Waals surface area (Å²) in [5, 5.41) is 2.82. The van der Waals surface area contributed by atoms with Crippen molar-refractivity contribution in [3.8, 4) is 17.2 Å². The molecule has 1 aliphatic heterocycles. The van der Waals surface area contributed by atoms with Gasteiger partial charge in [0, 0.05) is 28.7 Å². The number of carbonyl (C=O) groups excluding carboxylic acids is 3. The zero-order chi connectivity index (χ0) is 34.4. The van der Waals surface area contributed by atoms with E-state index in [-0.39, 0.29) is 30.8 Å². The molecule has 1 fully saturated rings. The molecule has 48 heavy (non-hydrogen) atoms. The monoisotopic (exact) mass is 661 g/mol. The number of benzene rings is 3. The Morgan fingerprint density at radius 3 is 2.10 bits per heavy atom. The molecule has 1 saturated heterocycles. The molecule has 0 aliphatic carbocycles. The summed E-state index contributed by atoms with van der Waals surface area (Å²) in [5.41, 5.74) is 1.71. The highest BCUT2D eigenvalue weighted by Gasteiger charge is 2.34. The van der Waals surface area contributed by atoms with Gasteiger partial charge in [0.05, 0.1) is 38.6 Å². The molecule has 11 nitrogen and oxygen atoms in total. The Hall–Kier alpha value is -4.71. The Kier molecular flexibility index (Phi) is 13.5. The first kappa shape index (κ1) is 36.1. The van der Waals surface area contributed by atoms with Crippen LogP contribution in [0.4, 0.5) is 5.69 Å². The molecule has 1 unspecified atom stereocenters. The molecule has 3 aromatic rings. The van der Waals surface area contributed by atoms with Crippen LogP contribution in [-0.2, 0) is 23.7 Å². The van der Waals surface area contributed by atoms with Crippen LogP contribution < -0.4 is 19.5 Å². The van der Waals surface area contributed by atoms with E-state index in [9.17, 15) is 14.4 Å². The number of amides is 1. The van der Waals surface area contributed by atoms with Gasteiger partial charge in [-0.15, -0.1) is 0 Å². The van der Waals surface area contributed by atoms with E-state index in [1.54, 1.807) is 79.7 Å². The molecular formula is C37H43NO10. The summed E-state index contributed by atoms with van der Waals surface area (Å²) >= 11 is 0. The van der Waals surface area contributed by atoms with E-state index in [0.717, 1.165) is 12.8 Å². The summed E-state index contributed by atoms with van der Waals surface area (Å²) in [6.07, 6.45) is 1.27. The second-order valence-electron chi connectivity index (χ2n) is 11.7. The summed E-state index contributed by atoms with van der Waals surface area (Å²) in [6.45, 7) is 12.2. The smallest absolute Gasteiger partial charge is 0.343 e. The van der Waals surface area contributed by atoms with Gasteiger partial charge in [0.1, 0.15) is 30.5 Å². The van der Waals surface area contributed by atoms with Crippen molar-refractivity contribution in [2.75, 3.05) is 51.6 Å². The number of hydrogen-bond acceptors (Lipinski definition) is 10. The first-order chi connectivity index (χ1) is 23.1. The topological polar surface area (TPSA) is 128 Å². The summed E-state index contributed by atoms with van der Waals surface area (Å²) in [5.74, 6) is 0.242. The summed E-state index contributed by atoms with van der Waals surface area (Å²) < 4.78 is 38.8. The largest absolute Gasteiger partial charge is 0.491 e. The summed E-state index contributed by atoms with van der Waals surface area (Å²) in [4.78, 5) is 36.8. The van der Waals surface area contributed by atoms with Crippen molar-refractivity contribution >= 4 is 23.5 Å². The van der Waals surface area contributed by atoms with Crippen molar-refractivity contribution in [2.45, 2.75) is 39.9 Å². The van der Waals surface area contributed by atoms with E-state index < -0.39 is 11.9 Å². The zero-order valence-electron chi connectivity index (χ0n) is 27.7. The summed E-state index contributed by atoms with van der Waals surface area (Å²) in [6, 6.07) is 19.9. The summed E-state index contributed by atoms with van der Waals surface area (Å²) in [7, 11) is 0. The van der Waals surface area contributed by atoms with Gasteiger partial charge in [-0.3, -0.25) is 4.79 Å². The maximum atomic E-state index is 12.7. The standard InChI is InChI=1S/C37H43NO10/c1-5-6-33(46-25-37(4)23-43-24-37)47-31-15-9-28(10-16-31)36(41)48-32-17-11-29(12-18-32)38-34(39)27-7-13-30(14-8-27)44-21-19-42-20-22-45-35(40)26(2)3/h7-18,33H,2,5-6,19-25H2,1,3-4H3,(H,38,39). The van der Waals surface area contributed by atoms with Gasteiger partial charge in [-0.25, -0.2) is 9.59 Å². The first-order valence-electron chi connectivity index (χ1n) is 15.9. The van der Waals surface area contributed by atoms with Crippen molar-refractivity contribution in [1.82, 2.24) is 0 Å². The predicted octanol–water partition coefficient (Wildman–Crippen LogP) is 6.23. The molecule has 0 radical (unpaired) electrons. The highest BCUT2D eigenvalue weighted by molar-refractivity contribution is 6.04. The average molecular weight is 662 g/mol. The van der Waals surface area contributed by atoms with Gasteiger partial charge in [-0.05, 0) is 79.7 Å². The molecule has 1 atom stereocenters. The van der Waals surface area contributed by atoms with Crippen molar-refractivity contribution < 1.29 is 47.5 Å². The minimum absolute atomic E-state index is 0.0283. The normalized spacial score (nSPS) is 13.8. The zero-order valence-corrected chi connectivity index (χ0v) is 27.7. The van der Waals surface area contributed by atoms with E-state index in [1.807, 2.05) is 0 Å². The Bertz CT molecular complexity index is 1500. The average Bonchev–Trinajstić information content (AvgIpc) is 3.07. The molecule has 1 heterocycles.